The Labute approximate surface area is 170 Å². The third kappa shape index (κ3) is 4.21. The Morgan fingerprint density at radius 2 is 2.00 bits per heavy atom. The molecule has 1 aromatic carbocycles. The Bertz CT molecular complexity index is 899. The number of aryl methyl sites for hydroxylation is 1. The maximum Gasteiger partial charge on any atom is 0.326 e. The van der Waals surface area contributed by atoms with Crippen LogP contribution in [0, 0.1) is 11.7 Å². The molecule has 9 heteroatoms. The highest BCUT2D eigenvalue weighted by molar-refractivity contribution is 7.92. The van der Waals surface area contributed by atoms with Crippen molar-refractivity contribution in [1.29, 1.82) is 0 Å². The molecule has 1 aromatic rings. The zero-order chi connectivity index (χ0) is 20.6. The molecule has 3 N–H and O–H groups in total. The summed E-state index contributed by atoms with van der Waals surface area (Å²) in [5, 5.41) is 13.8. The van der Waals surface area contributed by atoms with Crippen molar-refractivity contribution in [3.63, 3.8) is 0 Å². The van der Waals surface area contributed by atoms with Crippen LogP contribution in [0.1, 0.15) is 56.1 Å². The Hall–Kier alpha value is -1.87. The summed E-state index contributed by atoms with van der Waals surface area (Å²) < 4.78 is 41.9. The van der Waals surface area contributed by atoms with Gasteiger partial charge in [-0.1, -0.05) is 32.1 Å². The number of nitrogens with zero attached hydrogens (tertiary/aromatic N) is 1. The van der Waals surface area contributed by atoms with Crippen LogP contribution in [0.2, 0.25) is 0 Å². The van der Waals surface area contributed by atoms with Crippen LogP contribution < -0.4 is 14.3 Å². The summed E-state index contributed by atoms with van der Waals surface area (Å²) in [4.78, 5) is 11.5. The first-order valence-electron chi connectivity index (χ1n) is 10.4. The summed E-state index contributed by atoms with van der Waals surface area (Å²) >= 11 is 0. The third-order valence-corrected chi connectivity index (χ3v) is 7.78. The van der Waals surface area contributed by atoms with Crippen LogP contribution >= 0.6 is 0 Å². The summed E-state index contributed by atoms with van der Waals surface area (Å²) in [5.74, 6) is -1.18. The zero-order valence-corrected chi connectivity index (χ0v) is 17.2. The van der Waals surface area contributed by atoms with E-state index in [1.807, 2.05) is 4.72 Å². The van der Waals surface area contributed by atoms with Gasteiger partial charge in [0.05, 0.1) is 0 Å². The lowest BCUT2D eigenvalue weighted by atomic mass is 9.85. The van der Waals surface area contributed by atoms with Crippen LogP contribution in [-0.2, 0) is 27.8 Å². The summed E-state index contributed by atoms with van der Waals surface area (Å²) in [6.07, 6.45) is 9.59. The molecular weight excluding hydrogens is 397 g/mol. The van der Waals surface area contributed by atoms with Crippen molar-refractivity contribution in [3.8, 4) is 5.75 Å². The van der Waals surface area contributed by atoms with E-state index >= 15 is 4.39 Å². The average molecular weight is 426 g/mol. The van der Waals surface area contributed by atoms with Crippen molar-refractivity contribution in [2.45, 2.75) is 63.8 Å². The van der Waals surface area contributed by atoms with Crippen molar-refractivity contribution in [1.82, 2.24) is 10.0 Å². The molecule has 1 aliphatic heterocycles. The molecule has 1 heterocycles. The maximum absolute atomic E-state index is 15.3. The predicted molar refractivity (Wildman–Crippen MR) is 107 cm³/mol. The standard InChI is InChI=1S/C20H28FN3O4S/c21-19-16-11-15(22-9-8-13-4-2-1-3-5-13)7-6-14(16)10-17(25)20(19)24-12-18(26)23-29(24,27)28/h10,13,15,22,25H,1-9,11-12H2,(H,23,26). The first kappa shape index (κ1) is 20.4. The largest absolute Gasteiger partial charge is 0.506 e. The van der Waals surface area contributed by atoms with Gasteiger partial charge in [0.2, 0.25) is 0 Å². The van der Waals surface area contributed by atoms with Crippen molar-refractivity contribution >= 4 is 21.8 Å². The number of fused-ring (bicyclic) bond motifs is 1. The van der Waals surface area contributed by atoms with Crippen LogP contribution in [0.25, 0.3) is 0 Å². The van der Waals surface area contributed by atoms with Gasteiger partial charge in [0.1, 0.15) is 18.0 Å². The second-order valence-corrected chi connectivity index (χ2v) is 10.0. The van der Waals surface area contributed by atoms with E-state index in [-0.39, 0.29) is 6.04 Å². The highest BCUT2D eigenvalue weighted by Crippen LogP contribution is 2.39. The number of nitrogens with one attached hydrogen (secondary N) is 2. The molecule has 3 aliphatic rings. The van der Waals surface area contributed by atoms with Gasteiger partial charge in [0.15, 0.2) is 5.82 Å². The number of hydrogen-bond acceptors (Lipinski definition) is 5. The lowest BCUT2D eigenvalue weighted by molar-refractivity contribution is -0.117. The molecule has 1 amide bonds. The SMILES string of the molecule is O=C1CN(c2c(O)cc3c(c2F)CC(NCCC2CCCCC2)CC3)S(=O)(=O)N1. The Kier molecular flexibility index (Phi) is 5.70. The summed E-state index contributed by atoms with van der Waals surface area (Å²) in [6, 6.07) is 1.55. The predicted octanol–water partition coefficient (Wildman–Crippen LogP) is 2.13. The van der Waals surface area contributed by atoms with Gasteiger partial charge >= 0.3 is 10.2 Å². The number of benzene rings is 1. The Morgan fingerprint density at radius 3 is 2.69 bits per heavy atom. The van der Waals surface area contributed by atoms with Crippen molar-refractivity contribution in [2.75, 3.05) is 17.4 Å². The molecule has 4 rings (SSSR count). The van der Waals surface area contributed by atoms with E-state index in [2.05, 4.69) is 5.32 Å². The molecule has 1 saturated heterocycles. The number of amides is 1. The molecule has 0 spiro atoms. The number of phenolic OH excluding ortho intramolecular Hbond substituents is 1. The monoisotopic (exact) mass is 425 g/mol. The van der Waals surface area contributed by atoms with Gasteiger partial charge in [-0.2, -0.15) is 8.42 Å². The minimum absolute atomic E-state index is 0.118. The van der Waals surface area contributed by atoms with Crippen LogP contribution in [0.5, 0.6) is 5.75 Å². The first-order valence-corrected chi connectivity index (χ1v) is 11.9. The number of rotatable bonds is 5. The van der Waals surface area contributed by atoms with Crippen molar-refractivity contribution in [2.24, 2.45) is 5.92 Å². The van der Waals surface area contributed by atoms with Crippen LogP contribution in [0.15, 0.2) is 6.07 Å². The van der Waals surface area contributed by atoms with Gasteiger partial charge in [-0.25, -0.2) is 13.4 Å². The Balaban J connectivity index is 1.48. The number of phenols is 1. The number of hydrogen-bond donors (Lipinski definition) is 3. The number of aromatic hydroxyl groups is 1. The molecule has 160 valence electrons. The van der Waals surface area contributed by atoms with E-state index in [1.165, 1.54) is 38.2 Å². The summed E-state index contributed by atoms with van der Waals surface area (Å²) in [7, 11) is -4.18. The number of carbonyl (C=O) groups excluding carboxylic acids is 1. The van der Waals surface area contributed by atoms with E-state index in [0.717, 1.165) is 25.3 Å². The second-order valence-electron chi connectivity index (χ2n) is 8.42. The average Bonchev–Trinajstić information content (AvgIpc) is 2.95. The number of halogens is 1. The smallest absolute Gasteiger partial charge is 0.326 e. The fraction of sp³-hybridized carbons (Fsp3) is 0.650. The molecule has 29 heavy (non-hydrogen) atoms. The zero-order valence-electron chi connectivity index (χ0n) is 16.4. The number of anilines is 1. The van der Waals surface area contributed by atoms with Gasteiger partial charge in [0.25, 0.3) is 5.91 Å². The van der Waals surface area contributed by atoms with Crippen molar-refractivity contribution < 1.29 is 22.7 Å². The topological polar surface area (TPSA) is 98.7 Å². The van der Waals surface area contributed by atoms with E-state index in [1.54, 1.807) is 0 Å². The minimum atomic E-state index is -4.18. The van der Waals surface area contributed by atoms with Crippen LogP contribution in [0.3, 0.4) is 0 Å². The Morgan fingerprint density at radius 1 is 1.24 bits per heavy atom. The van der Waals surface area contributed by atoms with Gasteiger partial charge in [-0.3, -0.25) is 4.79 Å². The molecule has 2 fully saturated rings. The fourth-order valence-electron chi connectivity index (χ4n) is 4.86. The van der Waals surface area contributed by atoms with E-state index in [4.69, 9.17) is 0 Å². The van der Waals surface area contributed by atoms with E-state index < -0.39 is 39.9 Å². The lowest BCUT2D eigenvalue weighted by Gasteiger charge is -2.29. The molecular formula is C20H28FN3O4S. The first-order chi connectivity index (χ1) is 13.8. The quantitative estimate of drug-likeness (QED) is 0.671. The van der Waals surface area contributed by atoms with Crippen molar-refractivity contribution in [3.05, 3.63) is 23.0 Å². The lowest BCUT2D eigenvalue weighted by Crippen LogP contribution is -2.37. The maximum atomic E-state index is 15.3. The second kappa shape index (κ2) is 8.10. The van der Waals surface area contributed by atoms with Gasteiger partial charge < -0.3 is 10.4 Å². The fourth-order valence-corrected chi connectivity index (χ4v) is 6.03. The highest BCUT2D eigenvalue weighted by atomic mass is 32.2. The molecule has 0 aromatic heterocycles. The molecule has 1 saturated carbocycles. The molecule has 0 radical (unpaired) electrons. The molecule has 1 unspecified atom stereocenters. The molecule has 2 aliphatic carbocycles. The summed E-state index contributed by atoms with van der Waals surface area (Å²) in [6.45, 7) is 0.366. The van der Waals surface area contributed by atoms with Gasteiger partial charge in [-0.05, 0) is 55.3 Å². The number of carbonyl (C=O) groups is 1. The highest BCUT2D eigenvalue weighted by Gasteiger charge is 2.39. The van der Waals surface area contributed by atoms with Crippen LogP contribution in [0.4, 0.5) is 10.1 Å². The molecule has 1 atom stereocenters. The minimum Gasteiger partial charge on any atom is -0.506 e. The van der Waals surface area contributed by atoms with Crippen LogP contribution in [-0.4, -0.2) is 38.6 Å². The molecule has 7 nitrogen and oxygen atoms in total. The van der Waals surface area contributed by atoms with E-state index in [9.17, 15) is 18.3 Å². The van der Waals surface area contributed by atoms with Gasteiger partial charge in [-0.15, -0.1) is 0 Å². The van der Waals surface area contributed by atoms with E-state index in [0.29, 0.717) is 28.3 Å². The summed E-state index contributed by atoms with van der Waals surface area (Å²) in [5.41, 5.74) is 0.684. The van der Waals surface area contributed by atoms with Gasteiger partial charge in [0, 0.05) is 6.04 Å². The molecule has 0 bridgehead atoms. The normalized spacial score (nSPS) is 24.4. The third-order valence-electron chi connectivity index (χ3n) is 6.41.